The molecule has 1 aliphatic rings. The zero-order valence-corrected chi connectivity index (χ0v) is 18.3. The highest BCUT2D eigenvalue weighted by Gasteiger charge is 2.30. The molecule has 1 fully saturated rings. The molecule has 2 aromatic rings. The number of anilines is 1. The van der Waals surface area contributed by atoms with Gasteiger partial charge in [0.15, 0.2) is 6.10 Å². The Morgan fingerprint density at radius 3 is 2.50 bits per heavy atom. The number of esters is 1. The maximum Gasteiger partial charge on any atom is 0.338 e. The van der Waals surface area contributed by atoms with Gasteiger partial charge in [0.1, 0.15) is 10.7 Å². The molecule has 0 spiro atoms. The molecule has 1 saturated heterocycles. The van der Waals surface area contributed by atoms with Gasteiger partial charge in [-0.25, -0.2) is 18.2 Å². The van der Waals surface area contributed by atoms with Gasteiger partial charge in [-0.2, -0.15) is 4.31 Å². The molecule has 0 bridgehead atoms. The van der Waals surface area contributed by atoms with Gasteiger partial charge >= 0.3 is 5.97 Å². The van der Waals surface area contributed by atoms with Gasteiger partial charge in [-0.3, -0.25) is 4.79 Å². The van der Waals surface area contributed by atoms with E-state index in [0.29, 0.717) is 18.1 Å². The Labute approximate surface area is 184 Å². The number of pyridine rings is 1. The number of rotatable bonds is 6. The van der Waals surface area contributed by atoms with Crippen molar-refractivity contribution in [1.82, 2.24) is 9.29 Å². The Balaban J connectivity index is 1.72. The third kappa shape index (κ3) is 5.10. The number of sulfonamides is 1. The van der Waals surface area contributed by atoms with Crippen molar-refractivity contribution in [3.8, 4) is 0 Å². The van der Waals surface area contributed by atoms with Crippen LogP contribution in [0.15, 0.2) is 41.4 Å². The first-order valence-corrected chi connectivity index (χ1v) is 11.3. The van der Waals surface area contributed by atoms with E-state index < -0.39 is 28.0 Å². The van der Waals surface area contributed by atoms with Gasteiger partial charge in [0.2, 0.25) is 10.0 Å². The first-order valence-electron chi connectivity index (χ1n) is 9.11. The molecule has 30 heavy (non-hydrogen) atoms. The minimum absolute atomic E-state index is 0.0121. The van der Waals surface area contributed by atoms with E-state index in [4.69, 9.17) is 27.9 Å². The summed E-state index contributed by atoms with van der Waals surface area (Å²) in [4.78, 5) is 28.5. The van der Waals surface area contributed by atoms with Crippen LogP contribution in [-0.2, 0) is 19.6 Å². The second kappa shape index (κ2) is 9.30. The summed E-state index contributed by atoms with van der Waals surface area (Å²) in [5.74, 6) is -1.20. The van der Waals surface area contributed by atoms with E-state index in [0.717, 1.165) is 12.8 Å². The van der Waals surface area contributed by atoms with Crippen molar-refractivity contribution in [2.24, 2.45) is 0 Å². The van der Waals surface area contributed by atoms with E-state index in [1.807, 2.05) is 0 Å². The smallest absolute Gasteiger partial charge is 0.338 e. The van der Waals surface area contributed by atoms with Crippen molar-refractivity contribution in [1.29, 1.82) is 0 Å². The van der Waals surface area contributed by atoms with Crippen LogP contribution in [0, 0.1) is 0 Å². The lowest BCUT2D eigenvalue weighted by Crippen LogP contribution is -2.30. The Morgan fingerprint density at radius 2 is 1.87 bits per heavy atom. The molecule has 1 atom stereocenters. The van der Waals surface area contributed by atoms with Crippen molar-refractivity contribution in [2.45, 2.75) is 30.8 Å². The van der Waals surface area contributed by atoms with Gasteiger partial charge < -0.3 is 10.1 Å². The maximum absolute atomic E-state index is 12.8. The van der Waals surface area contributed by atoms with E-state index in [9.17, 15) is 18.0 Å². The first kappa shape index (κ1) is 22.5. The second-order valence-corrected chi connectivity index (χ2v) is 9.40. The van der Waals surface area contributed by atoms with Gasteiger partial charge in [0, 0.05) is 19.3 Å². The minimum atomic E-state index is -3.82. The Bertz CT molecular complexity index is 1050. The van der Waals surface area contributed by atoms with Gasteiger partial charge in [0.25, 0.3) is 5.91 Å². The summed E-state index contributed by atoms with van der Waals surface area (Å²) < 4.78 is 32.1. The number of amides is 1. The standard InChI is InChI=1S/C19H19Cl2N3O5S/c1-12(18(25)23-17-7-5-14(20)11-22-17)29-19(26)13-4-6-15(21)16(10-13)30(27,28)24-8-2-3-9-24/h4-7,10-12H,2-3,8-9H2,1H3,(H,22,23,25)/t12-/m1/s1. The number of aromatic nitrogens is 1. The number of carbonyl (C=O) groups excluding carboxylic acids is 2. The van der Waals surface area contributed by atoms with Crippen LogP contribution in [0.2, 0.25) is 10.0 Å². The van der Waals surface area contributed by atoms with Gasteiger partial charge in [0.05, 0.1) is 15.6 Å². The van der Waals surface area contributed by atoms with Crippen LogP contribution >= 0.6 is 23.2 Å². The third-order valence-electron chi connectivity index (χ3n) is 4.48. The highest BCUT2D eigenvalue weighted by Crippen LogP contribution is 2.28. The number of ether oxygens (including phenoxy) is 1. The fourth-order valence-electron chi connectivity index (χ4n) is 2.86. The fraction of sp³-hybridized carbons (Fsp3) is 0.316. The molecule has 1 aromatic carbocycles. The molecule has 3 rings (SSSR count). The summed E-state index contributed by atoms with van der Waals surface area (Å²) >= 11 is 11.8. The van der Waals surface area contributed by atoms with Crippen molar-refractivity contribution >= 4 is 50.9 Å². The Kier molecular flexibility index (Phi) is 6.97. The zero-order chi connectivity index (χ0) is 21.9. The van der Waals surface area contributed by atoms with E-state index in [2.05, 4.69) is 10.3 Å². The van der Waals surface area contributed by atoms with Crippen LogP contribution in [-0.4, -0.2) is 48.8 Å². The number of hydrogen-bond donors (Lipinski definition) is 1. The van der Waals surface area contributed by atoms with Crippen LogP contribution in [0.3, 0.4) is 0 Å². The van der Waals surface area contributed by atoms with Crippen LogP contribution in [0.25, 0.3) is 0 Å². The van der Waals surface area contributed by atoms with E-state index in [1.165, 1.54) is 41.7 Å². The lowest BCUT2D eigenvalue weighted by Gasteiger charge is -2.17. The van der Waals surface area contributed by atoms with E-state index >= 15 is 0 Å². The minimum Gasteiger partial charge on any atom is -0.449 e. The number of nitrogens with one attached hydrogen (secondary N) is 1. The highest BCUT2D eigenvalue weighted by atomic mass is 35.5. The monoisotopic (exact) mass is 471 g/mol. The maximum atomic E-state index is 12.8. The number of nitrogens with zero attached hydrogens (tertiary/aromatic N) is 2. The average Bonchev–Trinajstić information content (AvgIpc) is 3.25. The summed E-state index contributed by atoms with van der Waals surface area (Å²) in [5.41, 5.74) is -0.0264. The van der Waals surface area contributed by atoms with Crippen molar-refractivity contribution in [2.75, 3.05) is 18.4 Å². The molecule has 11 heteroatoms. The molecule has 2 heterocycles. The summed E-state index contributed by atoms with van der Waals surface area (Å²) in [6.45, 7) is 2.20. The summed E-state index contributed by atoms with van der Waals surface area (Å²) in [6, 6.07) is 6.90. The zero-order valence-electron chi connectivity index (χ0n) is 16.0. The van der Waals surface area contributed by atoms with Crippen LogP contribution in [0.5, 0.6) is 0 Å². The molecule has 0 aliphatic carbocycles. The van der Waals surface area contributed by atoms with Crippen LogP contribution in [0.4, 0.5) is 5.82 Å². The molecule has 1 N–H and O–H groups in total. The SMILES string of the molecule is C[C@@H](OC(=O)c1ccc(Cl)c(S(=O)(=O)N2CCCC2)c1)C(=O)Nc1ccc(Cl)cn1. The highest BCUT2D eigenvalue weighted by molar-refractivity contribution is 7.89. The molecule has 1 amide bonds. The van der Waals surface area contributed by atoms with E-state index in [1.54, 1.807) is 6.07 Å². The van der Waals surface area contributed by atoms with Gasteiger partial charge in [-0.15, -0.1) is 0 Å². The number of hydrogen-bond acceptors (Lipinski definition) is 6. The predicted molar refractivity (Wildman–Crippen MR) is 112 cm³/mol. The molecule has 0 radical (unpaired) electrons. The lowest BCUT2D eigenvalue weighted by atomic mass is 10.2. The number of halogens is 2. The number of carbonyl (C=O) groups is 2. The molecular formula is C19H19Cl2N3O5S. The van der Waals surface area contributed by atoms with Crippen molar-refractivity contribution in [3.63, 3.8) is 0 Å². The van der Waals surface area contributed by atoms with Crippen molar-refractivity contribution in [3.05, 3.63) is 52.1 Å². The molecule has 0 unspecified atom stereocenters. The topological polar surface area (TPSA) is 106 Å². The van der Waals surface area contributed by atoms with Gasteiger partial charge in [-0.1, -0.05) is 23.2 Å². The molecule has 1 aliphatic heterocycles. The van der Waals surface area contributed by atoms with Crippen LogP contribution < -0.4 is 5.32 Å². The van der Waals surface area contributed by atoms with Gasteiger partial charge in [-0.05, 0) is 50.1 Å². The third-order valence-corrected chi connectivity index (χ3v) is 7.09. The summed E-state index contributed by atoms with van der Waals surface area (Å²) in [7, 11) is -3.82. The molecule has 1 aromatic heterocycles. The van der Waals surface area contributed by atoms with Crippen LogP contribution in [0.1, 0.15) is 30.1 Å². The first-order chi connectivity index (χ1) is 14.2. The predicted octanol–water partition coefficient (Wildman–Crippen LogP) is 3.36. The molecule has 160 valence electrons. The Hall–Kier alpha value is -2.20. The summed E-state index contributed by atoms with van der Waals surface area (Å²) in [6.07, 6.45) is 1.76. The van der Waals surface area contributed by atoms with E-state index in [-0.39, 0.29) is 21.3 Å². The van der Waals surface area contributed by atoms with Crippen molar-refractivity contribution < 1.29 is 22.7 Å². The average molecular weight is 472 g/mol. The number of benzene rings is 1. The summed E-state index contributed by atoms with van der Waals surface area (Å²) in [5, 5.41) is 2.92. The quantitative estimate of drug-likeness (QED) is 0.647. The fourth-order valence-corrected chi connectivity index (χ4v) is 4.98. The normalized spacial score (nSPS) is 15.6. The Morgan fingerprint density at radius 1 is 1.17 bits per heavy atom. The molecule has 8 nitrogen and oxygen atoms in total. The second-order valence-electron chi connectivity index (χ2n) is 6.65. The molecule has 0 saturated carbocycles. The lowest BCUT2D eigenvalue weighted by molar-refractivity contribution is -0.123. The molecular weight excluding hydrogens is 453 g/mol. The largest absolute Gasteiger partial charge is 0.449 e.